The number of rotatable bonds is 9. The first-order valence-corrected chi connectivity index (χ1v) is 8.06. The van der Waals surface area contributed by atoms with Gasteiger partial charge in [0.05, 0.1) is 26.0 Å². The molecule has 0 saturated carbocycles. The van der Waals surface area contributed by atoms with Crippen molar-refractivity contribution < 1.29 is 39.4 Å². The number of nitrogens with zero attached hydrogens (tertiary/aromatic N) is 3. The predicted molar refractivity (Wildman–Crippen MR) is 84.4 cm³/mol. The lowest BCUT2D eigenvalue weighted by molar-refractivity contribution is -0.304. The number of hydrogen-bond acceptors (Lipinski definition) is 10. The fourth-order valence-corrected chi connectivity index (χ4v) is 2.34. The summed E-state index contributed by atoms with van der Waals surface area (Å²) in [6, 6.07) is 0. The third-order valence-electron chi connectivity index (χ3n) is 3.77. The van der Waals surface area contributed by atoms with E-state index in [4.69, 9.17) is 19.3 Å². The second-order valence-corrected chi connectivity index (χ2v) is 5.71. The summed E-state index contributed by atoms with van der Waals surface area (Å²) < 4.78 is 17.0. The lowest BCUT2D eigenvalue weighted by Gasteiger charge is -2.39. The molecule has 11 heteroatoms. The van der Waals surface area contributed by atoms with Crippen molar-refractivity contribution in [1.29, 1.82) is 0 Å². The molecule has 146 valence electrons. The number of carbonyl (C=O) groups excluding carboxylic acids is 1. The standard InChI is InChI=1S/C15H23N3O8/c1-2-11(20)24-5-3-4-18-6-9(16-17-18)8-25-15-14(23)13(22)12(21)10(7-19)26-15/h2,6,10,12-15,19,21-23H,1,3-5,7-8H2/t10-,12-,13+,14+,15?/m1/s1. The zero-order valence-corrected chi connectivity index (χ0v) is 14.0. The fraction of sp³-hybridized carbons (Fsp3) is 0.667. The van der Waals surface area contributed by atoms with E-state index < -0.39 is 43.3 Å². The topological polar surface area (TPSA) is 156 Å². The summed E-state index contributed by atoms with van der Waals surface area (Å²) in [5.74, 6) is -0.489. The van der Waals surface area contributed by atoms with Crippen molar-refractivity contribution in [2.75, 3.05) is 13.2 Å². The van der Waals surface area contributed by atoms with E-state index in [2.05, 4.69) is 16.9 Å². The second kappa shape index (κ2) is 9.71. The molecule has 0 radical (unpaired) electrons. The Morgan fingerprint density at radius 1 is 1.35 bits per heavy atom. The van der Waals surface area contributed by atoms with E-state index in [1.807, 2.05) is 0 Å². The maximum Gasteiger partial charge on any atom is 0.330 e. The van der Waals surface area contributed by atoms with E-state index in [-0.39, 0.29) is 13.2 Å². The molecule has 1 aliphatic rings. The summed E-state index contributed by atoms with van der Waals surface area (Å²) in [5, 5.41) is 46.2. The first kappa shape index (κ1) is 20.4. The number of aliphatic hydroxyl groups is 4. The number of aliphatic hydroxyl groups excluding tert-OH is 4. The number of aryl methyl sites for hydroxylation is 1. The maximum atomic E-state index is 10.9. The van der Waals surface area contributed by atoms with Crippen molar-refractivity contribution in [3.8, 4) is 0 Å². The maximum absolute atomic E-state index is 10.9. The predicted octanol–water partition coefficient (Wildman–Crippen LogP) is -2.29. The Bertz CT molecular complexity index is 593. The average Bonchev–Trinajstić information content (AvgIpc) is 3.10. The van der Waals surface area contributed by atoms with Crippen LogP contribution < -0.4 is 0 Å². The largest absolute Gasteiger partial charge is 0.462 e. The van der Waals surface area contributed by atoms with Gasteiger partial charge in [-0.1, -0.05) is 11.8 Å². The average molecular weight is 373 g/mol. The number of aromatic nitrogens is 3. The van der Waals surface area contributed by atoms with Gasteiger partial charge in [-0.05, 0) is 0 Å². The number of esters is 1. The van der Waals surface area contributed by atoms with Gasteiger partial charge in [0.15, 0.2) is 6.29 Å². The molecule has 2 rings (SSSR count). The Morgan fingerprint density at radius 3 is 2.81 bits per heavy atom. The first-order chi connectivity index (χ1) is 12.5. The van der Waals surface area contributed by atoms with Crippen LogP contribution in [0.2, 0.25) is 0 Å². The highest BCUT2D eigenvalue weighted by Gasteiger charge is 2.44. The van der Waals surface area contributed by atoms with Gasteiger partial charge < -0.3 is 34.6 Å². The Hall–Kier alpha value is -1.89. The SMILES string of the molecule is C=CC(=O)OCCCn1cc(COC2O[C@H](CO)[C@@H](O)[C@H](O)[C@@H]2O)nn1. The van der Waals surface area contributed by atoms with Crippen LogP contribution in [0.5, 0.6) is 0 Å². The van der Waals surface area contributed by atoms with Gasteiger partial charge in [-0.15, -0.1) is 5.10 Å². The van der Waals surface area contributed by atoms with E-state index >= 15 is 0 Å². The highest BCUT2D eigenvalue weighted by molar-refractivity contribution is 5.81. The van der Waals surface area contributed by atoms with E-state index in [0.29, 0.717) is 18.7 Å². The van der Waals surface area contributed by atoms with Crippen molar-refractivity contribution in [2.45, 2.75) is 50.3 Å². The quantitative estimate of drug-likeness (QED) is 0.211. The fourth-order valence-electron chi connectivity index (χ4n) is 2.34. The summed E-state index contributed by atoms with van der Waals surface area (Å²) in [5.41, 5.74) is 0.449. The van der Waals surface area contributed by atoms with Gasteiger partial charge in [-0.25, -0.2) is 4.79 Å². The molecule has 1 saturated heterocycles. The highest BCUT2D eigenvalue weighted by atomic mass is 16.7. The number of carbonyl (C=O) groups is 1. The lowest BCUT2D eigenvalue weighted by Crippen LogP contribution is -2.59. The third-order valence-corrected chi connectivity index (χ3v) is 3.77. The van der Waals surface area contributed by atoms with E-state index in [9.17, 15) is 20.1 Å². The molecular formula is C15H23N3O8. The van der Waals surface area contributed by atoms with E-state index in [1.54, 1.807) is 6.20 Å². The smallest absolute Gasteiger partial charge is 0.330 e. The van der Waals surface area contributed by atoms with Gasteiger partial charge >= 0.3 is 5.97 Å². The molecule has 0 aliphatic carbocycles. The molecule has 2 heterocycles. The number of hydrogen-bond donors (Lipinski definition) is 4. The molecule has 26 heavy (non-hydrogen) atoms. The third kappa shape index (κ3) is 5.30. The molecule has 11 nitrogen and oxygen atoms in total. The summed E-state index contributed by atoms with van der Waals surface area (Å²) >= 11 is 0. The van der Waals surface area contributed by atoms with Crippen molar-refractivity contribution in [2.24, 2.45) is 0 Å². The molecule has 0 amide bonds. The van der Waals surface area contributed by atoms with Gasteiger partial charge in [0.2, 0.25) is 0 Å². The van der Waals surface area contributed by atoms with Crippen LogP contribution in [0.4, 0.5) is 0 Å². The molecule has 1 aliphatic heterocycles. The Labute approximate surface area is 149 Å². The summed E-state index contributed by atoms with van der Waals surface area (Å²) in [6.07, 6.45) is -3.44. The van der Waals surface area contributed by atoms with E-state index in [1.165, 1.54) is 4.68 Å². The van der Waals surface area contributed by atoms with Crippen LogP contribution in [-0.2, 0) is 32.2 Å². The molecule has 1 fully saturated rings. The molecule has 4 N–H and O–H groups in total. The van der Waals surface area contributed by atoms with Crippen molar-refractivity contribution in [3.05, 3.63) is 24.5 Å². The summed E-state index contributed by atoms with van der Waals surface area (Å²) in [6.45, 7) is 3.40. The minimum atomic E-state index is -1.50. The second-order valence-electron chi connectivity index (χ2n) is 5.71. The molecule has 0 spiro atoms. The van der Waals surface area contributed by atoms with Crippen LogP contribution >= 0.6 is 0 Å². The van der Waals surface area contributed by atoms with Crippen LogP contribution in [-0.4, -0.2) is 85.3 Å². The van der Waals surface area contributed by atoms with Gasteiger partial charge in [0.1, 0.15) is 30.1 Å². The Kier molecular flexibility index (Phi) is 7.63. The molecule has 0 bridgehead atoms. The van der Waals surface area contributed by atoms with Crippen LogP contribution in [0.3, 0.4) is 0 Å². The minimum absolute atomic E-state index is 0.0614. The normalized spacial score (nSPS) is 28.7. The zero-order valence-electron chi connectivity index (χ0n) is 14.0. The Balaban J connectivity index is 1.78. The molecule has 1 aromatic rings. The van der Waals surface area contributed by atoms with Crippen LogP contribution in [0, 0.1) is 0 Å². The summed E-state index contributed by atoms with van der Waals surface area (Å²) in [4.78, 5) is 10.9. The molecule has 1 unspecified atom stereocenters. The zero-order chi connectivity index (χ0) is 19.1. The van der Waals surface area contributed by atoms with Crippen LogP contribution in [0.25, 0.3) is 0 Å². The van der Waals surface area contributed by atoms with Crippen molar-refractivity contribution >= 4 is 5.97 Å². The minimum Gasteiger partial charge on any atom is -0.462 e. The number of ether oxygens (including phenoxy) is 3. The Morgan fingerprint density at radius 2 is 2.12 bits per heavy atom. The molecule has 0 aromatic carbocycles. The molecular weight excluding hydrogens is 350 g/mol. The van der Waals surface area contributed by atoms with Gasteiger partial charge in [0.25, 0.3) is 0 Å². The van der Waals surface area contributed by atoms with Gasteiger partial charge in [0, 0.05) is 19.0 Å². The van der Waals surface area contributed by atoms with Gasteiger partial charge in [-0.3, -0.25) is 4.68 Å². The van der Waals surface area contributed by atoms with Crippen LogP contribution in [0.15, 0.2) is 18.9 Å². The first-order valence-electron chi connectivity index (χ1n) is 8.06. The lowest BCUT2D eigenvalue weighted by atomic mass is 9.99. The summed E-state index contributed by atoms with van der Waals surface area (Å²) in [7, 11) is 0. The molecule has 1 aromatic heterocycles. The van der Waals surface area contributed by atoms with E-state index in [0.717, 1.165) is 6.08 Å². The molecule has 5 atom stereocenters. The van der Waals surface area contributed by atoms with Gasteiger partial charge in [-0.2, -0.15) is 0 Å². The highest BCUT2D eigenvalue weighted by Crippen LogP contribution is 2.22. The monoisotopic (exact) mass is 373 g/mol. The van der Waals surface area contributed by atoms with Crippen molar-refractivity contribution in [3.63, 3.8) is 0 Å². The van der Waals surface area contributed by atoms with Crippen LogP contribution in [0.1, 0.15) is 12.1 Å². The van der Waals surface area contributed by atoms with Crippen molar-refractivity contribution in [1.82, 2.24) is 15.0 Å².